The fourth-order valence-electron chi connectivity index (χ4n) is 2.36. The van der Waals surface area contributed by atoms with Crippen molar-refractivity contribution in [3.63, 3.8) is 0 Å². The average molecular weight is 455 g/mol. The van der Waals surface area contributed by atoms with Crippen molar-refractivity contribution < 1.29 is 9.59 Å². The van der Waals surface area contributed by atoms with Gasteiger partial charge in [0.1, 0.15) is 11.6 Å². The van der Waals surface area contributed by atoms with E-state index in [1.807, 2.05) is 0 Å². The van der Waals surface area contributed by atoms with Gasteiger partial charge in [-0.2, -0.15) is 0 Å². The molecule has 142 valence electrons. The van der Waals surface area contributed by atoms with Crippen LogP contribution in [0.5, 0.6) is 0 Å². The minimum absolute atomic E-state index is 0.130. The minimum Gasteiger partial charge on any atom is -0.306 e. The third kappa shape index (κ3) is 4.56. The van der Waals surface area contributed by atoms with E-state index in [1.165, 1.54) is 0 Å². The number of rotatable bonds is 4. The minimum atomic E-state index is -0.527. The van der Waals surface area contributed by atoms with E-state index < -0.39 is 11.8 Å². The normalized spacial score (nSPS) is 10.4. The van der Waals surface area contributed by atoms with Crippen LogP contribution >= 0.6 is 46.4 Å². The molecule has 0 saturated carbocycles. The molecular weight excluding hydrogens is 444 g/mol. The summed E-state index contributed by atoms with van der Waals surface area (Å²) in [6.45, 7) is 0. The van der Waals surface area contributed by atoms with Gasteiger partial charge in [0.25, 0.3) is 11.8 Å². The smallest absolute Gasteiger partial charge is 0.259 e. The molecule has 0 spiro atoms. The number of carbonyl (C=O) groups excluding carboxylic acids is 2. The second-order valence-corrected chi connectivity index (χ2v) is 7.14. The number of hydrogen-bond donors (Lipinski definition) is 2. The maximum absolute atomic E-state index is 12.5. The number of benzene rings is 2. The van der Waals surface area contributed by atoms with Crippen molar-refractivity contribution in [1.82, 2.24) is 4.98 Å². The van der Waals surface area contributed by atoms with Gasteiger partial charge in [-0.15, -0.1) is 0 Å². The highest BCUT2D eigenvalue weighted by molar-refractivity contribution is 6.41. The lowest BCUT2D eigenvalue weighted by molar-refractivity contribution is 0.101. The maximum atomic E-state index is 12.5. The van der Waals surface area contributed by atoms with Crippen LogP contribution in [0.4, 0.5) is 11.6 Å². The SMILES string of the molecule is O=C(Nc1cccc(NC(=O)c2c(Cl)cccc2Cl)n1)c1c(Cl)cccc1Cl. The Morgan fingerprint density at radius 3 is 1.29 bits per heavy atom. The molecule has 0 bridgehead atoms. The molecule has 0 unspecified atom stereocenters. The predicted octanol–water partition coefficient (Wildman–Crippen LogP) is 6.20. The lowest BCUT2D eigenvalue weighted by atomic mass is 10.2. The highest BCUT2D eigenvalue weighted by Crippen LogP contribution is 2.26. The summed E-state index contributed by atoms with van der Waals surface area (Å²) in [4.78, 5) is 29.1. The molecule has 2 N–H and O–H groups in total. The van der Waals surface area contributed by atoms with Crippen molar-refractivity contribution in [2.75, 3.05) is 10.6 Å². The van der Waals surface area contributed by atoms with E-state index in [0.29, 0.717) is 0 Å². The van der Waals surface area contributed by atoms with Crippen LogP contribution in [0.25, 0.3) is 0 Å². The van der Waals surface area contributed by atoms with Gasteiger partial charge in [-0.05, 0) is 36.4 Å². The van der Waals surface area contributed by atoms with Crippen molar-refractivity contribution in [3.05, 3.63) is 85.8 Å². The first kappa shape index (κ1) is 20.4. The van der Waals surface area contributed by atoms with Crippen LogP contribution in [-0.4, -0.2) is 16.8 Å². The Labute approximate surface area is 180 Å². The molecule has 0 saturated heterocycles. The molecule has 0 aliphatic heterocycles. The van der Waals surface area contributed by atoms with Crippen molar-refractivity contribution in [2.24, 2.45) is 0 Å². The fraction of sp³-hybridized carbons (Fsp3) is 0. The van der Waals surface area contributed by atoms with Crippen LogP contribution in [0.3, 0.4) is 0 Å². The number of aromatic nitrogens is 1. The number of hydrogen-bond acceptors (Lipinski definition) is 3. The van der Waals surface area contributed by atoms with E-state index in [4.69, 9.17) is 46.4 Å². The zero-order valence-corrected chi connectivity index (χ0v) is 17.0. The molecule has 3 rings (SSSR count). The maximum Gasteiger partial charge on any atom is 0.259 e. The van der Waals surface area contributed by atoms with Crippen LogP contribution in [0.2, 0.25) is 20.1 Å². The first-order valence-electron chi connectivity index (χ1n) is 7.84. The van der Waals surface area contributed by atoms with Crippen LogP contribution < -0.4 is 10.6 Å². The van der Waals surface area contributed by atoms with Crippen molar-refractivity contribution in [3.8, 4) is 0 Å². The summed E-state index contributed by atoms with van der Waals surface area (Å²) >= 11 is 24.2. The van der Waals surface area contributed by atoms with E-state index in [2.05, 4.69) is 15.6 Å². The molecule has 0 radical (unpaired) electrons. The van der Waals surface area contributed by atoms with Crippen LogP contribution in [-0.2, 0) is 0 Å². The predicted molar refractivity (Wildman–Crippen MR) is 113 cm³/mol. The molecule has 2 amide bonds. The monoisotopic (exact) mass is 453 g/mol. The number of carbonyl (C=O) groups is 2. The van der Waals surface area contributed by atoms with Crippen LogP contribution in [0.15, 0.2) is 54.6 Å². The topological polar surface area (TPSA) is 71.1 Å². The number of halogens is 4. The van der Waals surface area contributed by atoms with Gasteiger partial charge in [0.2, 0.25) is 0 Å². The van der Waals surface area contributed by atoms with E-state index in [1.54, 1.807) is 54.6 Å². The van der Waals surface area contributed by atoms with Gasteiger partial charge < -0.3 is 10.6 Å². The van der Waals surface area contributed by atoms with Crippen LogP contribution in [0.1, 0.15) is 20.7 Å². The third-order valence-electron chi connectivity index (χ3n) is 3.61. The Morgan fingerprint density at radius 2 is 0.929 bits per heavy atom. The number of pyridine rings is 1. The molecule has 0 aliphatic rings. The van der Waals surface area contributed by atoms with Gasteiger partial charge in [0.05, 0.1) is 31.2 Å². The molecule has 0 aliphatic carbocycles. The van der Waals surface area contributed by atoms with E-state index in [0.717, 1.165) is 0 Å². The molecule has 3 aromatic rings. The molecule has 28 heavy (non-hydrogen) atoms. The number of anilines is 2. The summed E-state index contributed by atoms with van der Waals surface area (Å²) in [6.07, 6.45) is 0. The molecule has 2 aromatic carbocycles. The zero-order valence-electron chi connectivity index (χ0n) is 14.0. The fourth-order valence-corrected chi connectivity index (χ4v) is 3.50. The van der Waals surface area contributed by atoms with Gasteiger partial charge in [-0.3, -0.25) is 9.59 Å². The largest absolute Gasteiger partial charge is 0.306 e. The number of nitrogens with zero attached hydrogens (tertiary/aromatic N) is 1. The average Bonchev–Trinajstić information content (AvgIpc) is 2.61. The number of nitrogens with one attached hydrogen (secondary N) is 2. The first-order valence-corrected chi connectivity index (χ1v) is 9.36. The summed E-state index contributed by atoms with van der Waals surface area (Å²) in [5.74, 6) is -0.658. The Bertz CT molecular complexity index is 952. The van der Waals surface area contributed by atoms with E-state index in [9.17, 15) is 9.59 Å². The molecule has 0 atom stereocenters. The van der Waals surface area contributed by atoms with E-state index >= 15 is 0 Å². The Kier molecular flexibility index (Phi) is 6.42. The molecule has 0 fully saturated rings. The van der Waals surface area contributed by atoms with Crippen molar-refractivity contribution >= 4 is 69.9 Å². The number of amides is 2. The van der Waals surface area contributed by atoms with Crippen LogP contribution in [0, 0.1) is 0 Å². The highest BCUT2D eigenvalue weighted by atomic mass is 35.5. The molecule has 5 nitrogen and oxygen atoms in total. The summed E-state index contributed by atoms with van der Waals surface area (Å²) in [5, 5.41) is 6.03. The Balaban J connectivity index is 1.79. The second-order valence-electron chi connectivity index (χ2n) is 5.51. The van der Waals surface area contributed by atoms with Crippen molar-refractivity contribution in [1.29, 1.82) is 0 Å². The first-order chi connectivity index (χ1) is 13.4. The summed E-state index contributed by atoms with van der Waals surface area (Å²) in [5.41, 5.74) is 0.259. The van der Waals surface area contributed by atoms with Crippen molar-refractivity contribution in [2.45, 2.75) is 0 Å². The zero-order chi connectivity index (χ0) is 20.3. The lowest BCUT2D eigenvalue weighted by Gasteiger charge is -2.10. The summed E-state index contributed by atoms with van der Waals surface area (Å²) < 4.78 is 0. The van der Waals surface area contributed by atoms with E-state index in [-0.39, 0.29) is 42.9 Å². The van der Waals surface area contributed by atoms with Gasteiger partial charge >= 0.3 is 0 Å². The highest BCUT2D eigenvalue weighted by Gasteiger charge is 2.17. The quantitative estimate of drug-likeness (QED) is 0.492. The summed E-state index contributed by atoms with van der Waals surface area (Å²) in [7, 11) is 0. The molecule has 1 heterocycles. The Hall–Kier alpha value is -2.31. The van der Waals surface area contributed by atoms with Gasteiger partial charge in [0, 0.05) is 0 Å². The van der Waals surface area contributed by atoms with Gasteiger partial charge in [-0.25, -0.2) is 4.98 Å². The second kappa shape index (κ2) is 8.80. The van der Waals surface area contributed by atoms with Gasteiger partial charge in [-0.1, -0.05) is 64.6 Å². The summed E-state index contributed by atoms with van der Waals surface area (Å²) in [6, 6.07) is 14.2. The van der Waals surface area contributed by atoms with Gasteiger partial charge in [0.15, 0.2) is 0 Å². The standard InChI is InChI=1S/C19H11Cl4N3O2/c20-10-4-1-5-11(21)16(10)18(27)25-14-8-3-9-15(24-14)26-19(28)17-12(22)6-2-7-13(17)23/h1-9H,(H2,24,25,26,27,28). The third-order valence-corrected chi connectivity index (χ3v) is 4.87. The molecule has 1 aromatic heterocycles. The Morgan fingerprint density at radius 1 is 0.607 bits per heavy atom. The lowest BCUT2D eigenvalue weighted by Crippen LogP contribution is -2.17. The molecule has 9 heteroatoms. The molecular formula is C19H11Cl4N3O2.